The van der Waals surface area contributed by atoms with Gasteiger partial charge in [0.25, 0.3) is 15.7 Å². The lowest BCUT2D eigenvalue weighted by atomic mass is 10.1. The maximum Gasteiger partial charge on any atom is 0.273 e. The maximum absolute atomic E-state index is 14.1. The number of carbonyl (C=O) groups is 2. The number of nitro groups is 1. The summed E-state index contributed by atoms with van der Waals surface area (Å²) in [6.45, 7) is 2.13. The van der Waals surface area contributed by atoms with Gasteiger partial charge in [0.05, 0.1) is 22.6 Å². The number of aryl methyl sites for hydroxylation is 1. The van der Waals surface area contributed by atoms with Gasteiger partial charge in [0.15, 0.2) is 0 Å². The zero-order chi connectivity index (χ0) is 30.5. The van der Waals surface area contributed by atoms with E-state index in [-0.39, 0.29) is 28.6 Å². The number of ether oxygens (including phenoxy) is 1. The zero-order valence-corrected chi connectivity index (χ0v) is 25.0. The van der Waals surface area contributed by atoms with Gasteiger partial charge in [-0.25, -0.2) is 8.42 Å². The smallest absolute Gasteiger partial charge is 0.273 e. The normalized spacial score (nSPS) is 11.9. The largest absolute Gasteiger partial charge is 0.495 e. The van der Waals surface area contributed by atoms with E-state index in [1.807, 2.05) is 0 Å². The zero-order valence-electron chi connectivity index (χ0n) is 22.6. The topological polar surface area (TPSA) is 139 Å². The van der Waals surface area contributed by atoms with Crippen LogP contribution in [0.5, 0.6) is 5.75 Å². The van der Waals surface area contributed by atoms with Gasteiger partial charge in [0.1, 0.15) is 18.3 Å². The number of nitrogens with one attached hydrogen (secondary N) is 1. The quantitative estimate of drug-likeness (QED) is 0.244. The molecule has 0 fully saturated rings. The van der Waals surface area contributed by atoms with E-state index in [1.165, 1.54) is 63.2 Å². The monoisotopic (exact) mass is 622 g/mol. The van der Waals surface area contributed by atoms with Gasteiger partial charge in [0, 0.05) is 35.3 Å². The van der Waals surface area contributed by atoms with E-state index in [1.54, 1.807) is 24.3 Å². The van der Waals surface area contributed by atoms with Crippen LogP contribution in [0.3, 0.4) is 0 Å². The van der Waals surface area contributed by atoms with Crippen LogP contribution in [0.15, 0.2) is 65.6 Å². The molecule has 0 aliphatic heterocycles. The maximum atomic E-state index is 14.1. The van der Waals surface area contributed by atoms with Crippen molar-refractivity contribution in [2.75, 3.05) is 25.0 Å². The van der Waals surface area contributed by atoms with Crippen LogP contribution in [0.4, 0.5) is 11.4 Å². The Kier molecular flexibility index (Phi) is 10.2. The third-order valence-electron chi connectivity index (χ3n) is 6.31. The molecule has 41 heavy (non-hydrogen) atoms. The van der Waals surface area contributed by atoms with Crippen LogP contribution in [-0.2, 0) is 26.2 Å². The van der Waals surface area contributed by atoms with E-state index < -0.39 is 49.9 Å². The highest BCUT2D eigenvalue weighted by molar-refractivity contribution is 7.92. The minimum Gasteiger partial charge on any atom is -0.495 e. The summed E-state index contributed by atoms with van der Waals surface area (Å²) >= 11 is 12.3. The van der Waals surface area contributed by atoms with Gasteiger partial charge in [-0.2, -0.15) is 0 Å². The van der Waals surface area contributed by atoms with Crippen molar-refractivity contribution in [1.29, 1.82) is 0 Å². The second-order valence-corrected chi connectivity index (χ2v) is 11.7. The van der Waals surface area contributed by atoms with E-state index in [2.05, 4.69) is 5.32 Å². The van der Waals surface area contributed by atoms with E-state index in [0.29, 0.717) is 10.6 Å². The lowest BCUT2D eigenvalue weighted by Crippen LogP contribution is -2.50. The third-order valence-corrected chi connectivity index (χ3v) is 8.54. The first kappa shape index (κ1) is 31.7. The van der Waals surface area contributed by atoms with Crippen molar-refractivity contribution >= 4 is 56.4 Å². The Labute approximate surface area is 247 Å². The average Bonchev–Trinajstić information content (AvgIpc) is 2.93. The molecule has 0 aliphatic carbocycles. The van der Waals surface area contributed by atoms with E-state index in [0.717, 1.165) is 10.4 Å². The number of amides is 2. The summed E-state index contributed by atoms with van der Waals surface area (Å²) in [5.41, 5.74) is 0.368. The lowest BCUT2D eigenvalue weighted by Gasteiger charge is -2.32. The van der Waals surface area contributed by atoms with Gasteiger partial charge in [-0.05, 0) is 55.8 Å². The van der Waals surface area contributed by atoms with Crippen molar-refractivity contribution < 1.29 is 27.7 Å². The van der Waals surface area contributed by atoms with Crippen LogP contribution in [0.2, 0.25) is 10.0 Å². The Bertz CT molecular complexity index is 1580. The molecule has 14 heteroatoms. The Morgan fingerprint density at radius 2 is 1.76 bits per heavy atom. The number of halogens is 2. The molecule has 3 aromatic rings. The third kappa shape index (κ3) is 7.26. The number of hydrogen-bond acceptors (Lipinski definition) is 7. The molecule has 0 saturated carbocycles. The molecule has 0 aliphatic rings. The van der Waals surface area contributed by atoms with Crippen molar-refractivity contribution in [3.05, 3.63) is 92.0 Å². The molecular formula is C27H28Cl2N4O7S. The number of carbonyl (C=O) groups excluding carboxylic acids is 2. The fraction of sp³-hybridized carbons (Fsp3) is 0.259. The van der Waals surface area contributed by atoms with Crippen LogP contribution in [-0.4, -0.2) is 56.8 Å². The molecule has 0 saturated heterocycles. The molecule has 0 spiro atoms. The number of rotatable bonds is 11. The molecular weight excluding hydrogens is 595 g/mol. The molecule has 1 atom stereocenters. The number of hydrogen-bond donors (Lipinski definition) is 1. The van der Waals surface area contributed by atoms with E-state index in [4.69, 9.17) is 27.9 Å². The molecule has 2 amide bonds. The summed E-state index contributed by atoms with van der Waals surface area (Å²) in [6.07, 6.45) is 0. The molecule has 0 unspecified atom stereocenters. The number of nitrogens with zero attached hydrogens (tertiary/aromatic N) is 3. The van der Waals surface area contributed by atoms with Gasteiger partial charge in [0.2, 0.25) is 11.8 Å². The number of sulfonamides is 1. The molecule has 0 aromatic heterocycles. The van der Waals surface area contributed by atoms with Crippen LogP contribution in [0.25, 0.3) is 0 Å². The Hall–Kier alpha value is -3.87. The molecule has 3 aromatic carbocycles. The number of nitro benzene ring substituents is 1. The van der Waals surface area contributed by atoms with Gasteiger partial charge >= 0.3 is 0 Å². The Balaban J connectivity index is 2.17. The number of benzene rings is 3. The highest BCUT2D eigenvalue weighted by atomic mass is 35.5. The minimum atomic E-state index is -4.61. The summed E-state index contributed by atoms with van der Waals surface area (Å²) in [7, 11) is -1.88. The first-order valence-corrected chi connectivity index (χ1v) is 14.4. The van der Waals surface area contributed by atoms with Crippen LogP contribution in [0, 0.1) is 17.0 Å². The highest BCUT2D eigenvalue weighted by Crippen LogP contribution is 2.36. The number of anilines is 1. The van der Waals surface area contributed by atoms with Crippen molar-refractivity contribution in [2.45, 2.75) is 31.3 Å². The average molecular weight is 624 g/mol. The van der Waals surface area contributed by atoms with Crippen molar-refractivity contribution in [3.8, 4) is 5.75 Å². The van der Waals surface area contributed by atoms with Gasteiger partial charge < -0.3 is 15.0 Å². The lowest BCUT2D eigenvalue weighted by molar-refractivity contribution is -0.385. The number of likely N-dealkylation sites (N-methyl/N-ethyl adjacent to an activating group) is 1. The number of methoxy groups -OCH3 is 1. The summed E-state index contributed by atoms with van der Waals surface area (Å²) in [5.74, 6) is -1.15. The SMILES string of the molecule is CNC(=O)[C@H](C)N(Cc1cccc(Cl)c1)C(=O)CN(c1cc(Cl)ccc1OC)S(=O)(=O)c1ccc(C)c([N+](=O)[O-])c1. The highest BCUT2D eigenvalue weighted by Gasteiger charge is 2.34. The first-order valence-electron chi connectivity index (χ1n) is 12.2. The Morgan fingerprint density at radius 3 is 2.37 bits per heavy atom. The predicted molar refractivity (Wildman–Crippen MR) is 156 cm³/mol. The minimum absolute atomic E-state index is 0.0649. The summed E-state index contributed by atoms with van der Waals surface area (Å²) in [4.78, 5) is 38.2. The summed E-state index contributed by atoms with van der Waals surface area (Å²) in [5, 5.41) is 14.6. The molecule has 11 nitrogen and oxygen atoms in total. The second-order valence-electron chi connectivity index (χ2n) is 8.98. The summed E-state index contributed by atoms with van der Waals surface area (Å²) < 4.78 is 34.2. The van der Waals surface area contributed by atoms with E-state index >= 15 is 0 Å². The molecule has 0 radical (unpaired) electrons. The summed E-state index contributed by atoms with van der Waals surface area (Å²) in [6, 6.07) is 13.3. The van der Waals surface area contributed by atoms with Crippen LogP contribution >= 0.6 is 23.2 Å². The van der Waals surface area contributed by atoms with Crippen molar-refractivity contribution in [3.63, 3.8) is 0 Å². The van der Waals surface area contributed by atoms with Crippen molar-refractivity contribution in [2.24, 2.45) is 0 Å². The Morgan fingerprint density at radius 1 is 1.07 bits per heavy atom. The molecule has 218 valence electrons. The van der Waals surface area contributed by atoms with Gasteiger partial charge in [-0.15, -0.1) is 0 Å². The van der Waals surface area contributed by atoms with Crippen LogP contribution < -0.4 is 14.4 Å². The van der Waals surface area contributed by atoms with Crippen molar-refractivity contribution in [1.82, 2.24) is 10.2 Å². The van der Waals surface area contributed by atoms with Gasteiger partial charge in [-0.3, -0.25) is 24.0 Å². The first-order chi connectivity index (χ1) is 19.3. The van der Waals surface area contributed by atoms with Crippen LogP contribution in [0.1, 0.15) is 18.1 Å². The second kappa shape index (κ2) is 13.2. The molecule has 1 N–H and O–H groups in total. The predicted octanol–water partition coefficient (Wildman–Crippen LogP) is 4.58. The molecule has 0 bridgehead atoms. The molecule has 3 rings (SSSR count). The standard InChI is InChI=1S/C27H28Cl2N4O7S/c1-17-8-10-22(14-23(17)33(36)37)41(38,39)32(24-13-21(29)9-11-25(24)40-4)16-26(34)31(18(2)27(35)30-3)15-19-6-5-7-20(28)12-19/h5-14,18H,15-16H2,1-4H3,(H,30,35)/t18-/m0/s1. The fourth-order valence-corrected chi connectivity index (χ4v) is 5.88. The fourth-order valence-electron chi connectivity index (χ4n) is 4.07. The van der Waals surface area contributed by atoms with E-state index in [9.17, 15) is 28.1 Å². The van der Waals surface area contributed by atoms with Gasteiger partial charge in [-0.1, -0.05) is 41.4 Å². The molecule has 0 heterocycles.